The second-order valence-electron chi connectivity index (χ2n) is 9.78. The third kappa shape index (κ3) is 5.32. The number of fused-ring (bicyclic) bond motifs is 1. The zero-order valence-electron chi connectivity index (χ0n) is 21.3. The molecule has 39 heavy (non-hydrogen) atoms. The Kier molecular flexibility index (Phi) is 6.92. The molecule has 10 heteroatoms. The Morgan fingerprint density at radius 3 is 2.87 bits per heavy atom. The Morgan fingerprint density at radius 1 is 1.26 bits per heavy atom. The van der Waals surface area contributed by atoms with E-state index in [9.17, 15) is 9.18 Å². The highest BCUT2D eigenvalue weighted by molar-refractivity contribution is 5.84. The van der Waals surface area contributed by atoms with Crippen LogP contribution >= 0.6 is 0 Å². The van der Waals surface area contributed by atoms with Crippen LogP contribution in [-0.4, -0.2) is 56.5 Å². The minimum atomic E-state index is -0.470. The zero-order valence-corrected chi connectivity index (χ0v) is 21.3. The molecular formula is C29H27FN6O3. The fraction of sp³-hybridized carbons (Fsp3) is 0.310. The predicted octanol–water partition coefficient (Wildman–Crippen LogP) is 4.24. The molecule has 0 amide bonds. The highest BCUT2D eigenvalue weighted by atomic mass is 19.1. The van der Waals surface area contributed by atoms with E-state index in [0.717, 1.165) is 73.6 Å². The number of carbonyl (C=O) groups excluding carboxylic acids is 1. The summed E-state index contributed by atoms with van der Waals surface area (Å²) in [6.07, 6.45) is 5.01. The molecule has 2 aliphatic rings. The van der Waals surface area contributed by atoms with E-state index in [1.54, 1.807) is 18.2 Å². The predicted molar refractivity (Wildman–Crippen MR) is 141 cm³/mol. The molecular weight excluding hydrogens is 499 g/mol. The Balaban J connectivity index is 1.12. The van der Waals surface area contributed by atoms with E-state index in [1.807, 2.05) is 24.3 Å². The molecule has 5 heterocycles. The highest BCUT2D eigenvalue weighted by Gasteiger charge is 2.24. The van der Waals surface area contributed by atoms with Crippen LogP contribution in [-0.2, 0) is 24.4 Å². The maximum atomic E-state index is 14.2. The number of nitriles is 1. The molecule has 1 unspecified atom stereocenters. The Morgan fingerprint density at radius 2 is 2.15 bits per heavy atom. The number of hydrogen-bond donors (Lipinski definition) is 1. The number of pyridine rings is 1. The van der Waals surface area contributed by atoms with Crippen LogP contribution in [0.3, 0.4) is 0 Å². The summed E-state index contributed by atoms with van der Waals surface area (Å²) in [5, 5.41) is 8.91. The number of benzene rings is 1. The summed E-state index contributed by atoms with van der Waals surface area (Å²) in [6, 6.07) is 13.7. The van der Waals surface area contributed by atoms with Gasteiger partial charge >= 0.3 is 0 Å². The van der Waals surface area contributed by atoms with Crippen molar-refractivity contribution in [2.24, 2.45) is 0 Å². The van der Waals surface area contributed by atoms with Gasteiger partial charge in [0.1, 0.15) is 18.2 Å². The average molecular weight is 527 g/mol. The molecule has 0 spiro atoms. The minimum absolute atomic E-state index is 0.0295. The van der Waals surface area contributed by atoms with Gasteiger partial charge < -0.3 is 19.0 Å². The molecule has 4 aromatic rings. The molecule has 6 rings (SSSR count). The fourth-order valence-electron chi connectivity index (χ4n) is 4.94. The van der Waals surface area contributed by atoms with Crippen molar-refractivity contribution < 1.29 is 18.7 Å². The van der Waals surface area contributed by atoms with Crippen LogP contribution in [0.2, 0.25) is 0 Å². The number of aldehydes is 1. The number of hydrogen-bond acceptors (Lipinski definition) is 7. The molecule has 1 N–H and O–H groups in total. The number of halogens is 1. The van der Waals surface area contributed by atoms with Gasteiger partial charge in [0, 0.05) is 31.3 Å². The lowest BCUT2D eigenvalue weighted by atomic mass is 10.0. The monoisotopic (exact) mass is 526 g/mol. The van der Waals surface area contributed by atoms with Gasteiger partial charge in [0.2, 0.25) is 5.88 Å². The average Bonchev–Trinajstić information content (AvgIpc) is 3.48. The van der Waals surface area contributed by atoms with E-state index in [2.05, 4.69) is 25.5 Å². The summed E-state index contributed by atoms with van der Waals surface area (Å²) in [4.78, 5) is 26.1. The van der Waals surface area contributed by atoms with Gasteiger partial charge in [-0.2, -0.15) is 5.26 Å². The van der Waals surface area contributed by atoms with Crippen molar-refractivity contribution in [2.75, 3.05) is 19.7 Å². The molecule has 198 valence electrons. The van der Waals surface area contributed by atoms with E-state index in [-0.39, 0.29) is 18.3 Å². The van der Waals surface area contributed by atoms with Gasteiger partial charge in [-0.3, -0.25) is 9.69 Å². The Hall–Kier alpha value is -4.33. The summed E-state index contributed by atoms with van der Waals surface area (Å²) < 4.78 is 27.8. The normalized spacial score (nSPS) is 17.4. The third-order valence-electron chi connectivity index (χ3n) is 7.22. The van der Waals surface area contributed by atoms with Gasteiger partial charge in [-0.1, -0.05) is 18.2 Å². The quantitative estimate of drug-likeness (QED) is 0.325. The van der Waals surface area contributed by atoms with Crippen molar-refractivity contribution in [1.29, 1.82) is 5.26 Å². The van der Waals surface area contributed by atoms with Crippen molar-refractivity contribution in [1.82, 2.24) is 24.4 Å². The molecule has 0 radical (unpaired) electrons. The number of nitrogens with one attached hydrogen (secondary N) is 1. The number of nitrogens with zero attached hydrogens (tertiary/aromatic N) is 5. The summed E-state index contributed by atoms with van der Waals surface area (Å²) in [5.41, 5.74) is 4.79. The maximum Gasteiger partial charge on any atom is 0.214 e. The summed E-state index contributed by atoms with van der Waals surface area (Å²) in [5.74, 6) is 0.900. The molecule has 0 aliphatic carbocycles. The standard InChI is InChI=1S/C29H27FN6O3/c30-24-12-19(14-31)4-5-21(24)18-39-28-3-1-2-25(33-28)20-6-9-35(10-7-20)16-27-34-29-26(13-22(17-37)32-29)36(27)15-23-8-11-38-23/h1-6,12-13,17,23,32H,7-11,15-16,18H2. The molecule has 9 nitrogen and oxygen atoms in total. The first-order valence-electron chi connectivity index (χ1n) is 12.9. The van der Waals surface area contributed by atoms with Gasteiger partial charge in [0.25, 0.3) is 0 Å². The Bertz CT molecular complexity index is 1600. The number of aromatic amines is 1. The van der Waals surface area contributed by atoms with Crippen LogP contribution < -0.4 is 4.74 Å². The van der Waals surface area contributed by atoms with Crippen molar-refractivity contribution in [3.8, 4) is 11.9 Å². The molecule has 0 bridgehead atoms. The van der Waals surface area contributed by atoms with Crippen LogP contribution in [0.15, 0.2) is 48.5 Å². The van der Waals surface area contributed by atoms with E-state index >= 15 is 0 Å². The summed E-state index contributed by atoms with van der Waals surface area (Å²) >= 11 is 0. The SMILES string of the molecule is N#Cc1ccc(COc2cccc(C3=CCN(Cc4nc5[nH]c(C=O)cc5n4CC4CCO4)CC3)n2)c(F)c1. The summed E-state index contributed by atoms with van der Waals surface area (Å²) in [7, 11) is 0. The van der Waals surface area contributed by atoms with Gasteiger partial charge in [0.05, 0.1) is 47.7 Å². The lowest BCUT2D eigenvalue weighted by molar-refractivity contribution is -0.0591. The van der Waals surface area contributed by atoms with Crippen LogP contribution in [0, 0.1) is 17.1 Å². The molecule has 0 saturated carbocycles. The van der Waals surface area contributed by atoms with Crippen LogP contribution in [0.1, 0.15) is 46.0 Å². The first-order chi connectivity index (χ1) is 19.1. The first kappa shape index (κ1) is 25.0. The van der Waals surface area contributed by atoms with Crippen LogP contribution in [0.25, 0.3) is 16.7 Å². The maximum absolute atomic E-state index is 14.2. The second-order valence-corrected chi connectivity index (χ2v) is 9.78. The smallest absolute Gasteiger partial charge is 0.214 e. The molecule has 1 fully saturated rings. The van der Waals surface area contributed by atoms with Gasteiger partial charge in [0.15, 0.2) is 11.9 Å². The van der Waals surface area contributed by atoms with E-state index in [0.29, 0.717) is 23.7 Å². The summed E-state index contributed by atoms with van der Waals surface area (Å²) in [6.45, 7) is 3.81. The number of carbonyl (C=O) groups is 1. The van der Waals surface area contributed by atoms with Gasteiger partial charge in [-0.15, -0.1) is 0 Å². The topological polar surface area (TPSA) is 109 Å². The number of H-pyrrole nitrogens is 1. The molecule has 2 aliphatic heterocycles. The second kappa shape index (κ2) is 10.8. The molecule has 1 atom stereocenters. The molecule has 1 saturated heterocycles. The third-order valence-corrected chi connectivity index (χ3v) is 7.22. The van der Waals surface area contributed by atoms with Crippen LogP contribution in [0.5, 0.6) is 5.88 Å². The molecule has 1 aromatic carbocycles. The lowest BCUT2D eigenvalue weighted by Gasteiger charge is -2.29. The van der Waals surface area contributed by atoms with Crippen LogP contribution in [0.4, 0.5) is 4.39 Å². The highest BCUT2D eigenvalue weighted by Crippen LogP contribution is 2.26. The minimum Gasteiger partial charge on any atom is -0.473 e. The van der Waals surface area contributed by atoms with E-state index in [1.165, 1.54) is 6.07 Å². The van der Waals surface area contributed by atoms with Gasteiger partial charge in [-0.25, -0.2) is 14.4 Å². The van der Waals surface area contributed by atoms with Crippen molar-refractivity contribution in [3.63, 3.8) is 0 Å². The first-order valence-corrected chi connectivity index (χ1v) is 12.9. The number of rotatable bonds is 9. The van der Waals surface area contributed by atoms with E-state index in [4.69, 9.17) is 19.7 Å². The van der Waals surface area contributed by atoms with Crippen molar-refractivity contribution in [2.45, 2.75) is 38.6 Å². The lowest BCUT2D eigenvalue weighted by Crippen LogP contribution is -2.33. The largest absolute Gasteiger partial charge is 0.473 e. The fourth-order valence-corrected chi connectivity index (χ4v) is 4.94. The Labute approximate surface area is 224 Å². The zero-order chi connectivity index (χ0) is 26.8. The number of ether oxygens (including phenoxy) is 2. The van der Waals surface area contributed by atoms with Crippen molar-refractivity contribution in [3.05, 3.63) is 82.7 Å². The van der Waals surface area contributed by atoms with E-state index < -0.39 is 5.82 Å². The molecule has 3 aromatic heterocycles. The number of aromatic nitrogens is 4. The number of imidazole rings is 1. The van der Waals surface area contributed by atoms with Crippen molar-refractivity contribution >= 4 is 23.0 Å². The van der Waals surface area contributed by atoms with Gasteiger partial charge in [-0.05, 0) is 42.7 Å².